The number of carbonyl (C=O) groups is 2. The molecule has 0 unspecified atom stereocenters. The van der Waals surface area contributed by atoms with E-state index in [0.29, 0.717) is 42.5 Å². The first-order chi connectivity index (χ1) is 17.7. The Morgan fingerprint density at radius 3 is 2.68 bits per heavy atom. The number of carboxylic acids is 1. The summed E-state index contributed by atoms with van der Waals surface area (Å²) in [7, 11) is 0. The molecule has 0 fully saturated rings. The number of unbranched alkanes of at least 4 members (excludes halogenated alkanes) is 2. The standard InChI is InChI=1S/C27H32ClFN4O4/c1-17(2)13-23(27(35)36)31-11-4-3-5-12-37-20-8-6-7-18(14-20)25(34)21-16-32-33(26(21)30)24-10-9-19(29)15-22(24)28/h6-10,14-17,23,31H,3-5,11-13,30H2,1-2H3,(H,35,36)/t23-/m0/s1. The molecule has 0 saturated heterocycles. The number of ether oxygens (including phenoxy) is 1. The van der Waals surface area contributed by atoms with E-state index < -0.39 is 17.8 Å². The van der Waals surface area contributed by atoms with Crippen molar-refractivity contribution in [2.75, 3.05) is 18.9 Å². The summed E-state index contributed by atoms with van der Waals surface area (Å²) in [4.78, 5) is 24.4. The SMILES string of the molecule is CC(C)C[C@H](NCCCCCOc1cccc(C(=O)c2cnn(-c3ccc(F)cc3Cl)c2N)c1)C(=O)O. The van der Waals surface area contributed by atoms with Crippen LogP contribution in [0.2, 0.25) is 5.02 Å². The van der Waals surface area contributed by atoms with Crippen LogP contribution in [-0.2, 0) is 4.79 Å². The first-order valence-corrected chi connectivity index (χ1v) is 12.6. The Morgan fingerprint density at radius 2 is 1.97 bits per heavy atom. The van der Waals surface area contributed by atoms with Gasteiger partial charge in [0, 0.05) is 5.56 Å². The van der Waals surface area contributed by atoms with Crippen molar-refractivity contribution in [2.24, 2.45) is 5.92 Å². The molecule has 0 aliphatic rings. The Balaban J connectivity index is 1.51. The molecule has 8 nitrogen and oxygen atoms in total. The van der Waals surface area contributed by atoms with Crippen LogP contribution in [0.15, 0.2) is 48.7 Å². The Labute approximate surface area is 220 Å². The van der Waals surface area contributed by atoms with E-state index in [0.717, 1.165) is 25.3 Å². The predicted molar refractivity (Wildman–Crippen MR) is 141 cm³/mol. The number of aliphatic carboxylic acids is 1. The second kappa shape index (κ2) is 13.2. The van der Waals surface area contributed by atoms with Crippen LogP contribution in [0.25, 0.3) is 5.69 Å². The van der Waals surface area contributed by atoms with E-state index in [9.17, 15) is 19.1 Å². The van der Waals surface area contributed by atoms with Gasteiger partial charge in [-0.1, -0.05) is 37.6 Å². The second-order valence-electron chi connectivity index (χ2n) is 9.19. The van der Waals surface area contributed by atoms with Crippen LogP contribution in [0.3, 0.4) is 0 Å². The third-order valence-electron chi connectivity index (χ3n) is 5.77. The number of carbonyl (C=O) groups excluding carboxylic acids is 1. The molecule has 1 heterocycles. The van der Waals surface area contributed by atoms with E-state index in [-0.39, 0.29) is 22.2 Å². The first kappa shape index (κ1) is 28.1. The molecular formula is C27H32ClFN4O4. The molecule has 0 radical (unpaired) electrons. The highest BCUT2D eigenvalue weighted by atomic mass is 35.5. The molecule has 4 N–H and O–H groups in total. The molecule has 1 atom stereocenters. The first-order valence-electron chi connectivity index (χ1n) is 12.2. The molecule has 2 aromatic carbocycles. The number of aromatic nitrogens is 2. The summed E-state index contributed by atoms with van der Waals surface area (Å²) in [5.74, 6) is -0.674. The summed E-state index contributed by atoms with van der Waals surface area (Å²) in [5, 5.41) is 16.7. The summed E-state index contributed by atoms with van der Waals surface area (Å²) in [6, 6.07) is 10.1. The Morgan fingerprint density at radius 1 is 1.19 bits per heavy atom. The van der Waals surface area contributed by atoms with Crippen LogP contribution in [0.4, 0.5) is 10.2 Å². The second-order valence-corrected chi connectivity index (χ2v) is 9.60. The van der Waals surface area contributed by atoms with Crippen molar-refractivity contribution < 1.29 is 23.8 Å². The maximum Gasteiger partial charge on any atom is 0.320 e. The Bertz CT molecular complexity index is 1230. The number of benzene rings is 2. The Hall–Kier alpha value is -3.43. The third kappa shape index (κ3) is 7.77. The van der Waals surface area contributed by atoms with Gasteiger partial charge in [0.15, 0.2) is 5.78 Å². The van der Waals surface area contributed by atoms with Crippen molar-refractivity contribution >= 4 is 29.2 Å². The zero-order valence-corrected chi connectivity index (χ0v) is 21.7. The van der Waals surface area contributed by atoms with Gasteiger partial charge in [0.2, 0.25) is 0 Å². The highest BCUT2D eigenvalue weighted by Crippen LogP contribution is 2.26. The van der Waals surface area contributed by atoms with Crippen molar-refractivity contribution in [1.82, 2.24) is 15.1 Å². The monoisotopic (exact) mass is 530 g/mol. The van der Waals surface area contributed by atoms with Crippen molar-refractivity contribution in [3.63, 3.8) is 0 Å². The molecule has 0 spiro atoms. The van der Waals surface area contributed by atoms with Crippen molar-refractivity contribution in [2.45, 2.75) is 45.6 Å². The number of rotatable bonds is 14. The molecule has 0 aliphatic heterocycles. The smallest absolute Gasteiger partial charge is 0.320 e. The molecule has 1 aromatic heterocycles. The van der Waals surface area contributed by atoms with Gasteiger partial charge in [-0.15, -0.1) is 0 Å². The molecule has 198 valence electrons. The maximum atomic E-state index is 13.4. The topological polar surface area (TPSA) is 119 Å². The quantitative estimate of drug-likeness (QED) is 0.195. The van der Waals surface area contributed by atoms with Crippen LogP contribution in [0.5, 0.6) is 5.75 Å². The highest BCUT2D eigenvalue weighted by molar-refractivity contribution is 6.32. The normalized spacial score (nSPS) is 12.0. The lowest BCUT2D eigenvalue weighted by Crippen LogP contribution is -2.38. The van der Waals surface area contributed by atoms with Crippen LogP contribution < -0.4 is 15.8 Å². The fraction of sp³-hybridized carbons (Fsp3) is 0.370. The van der Waals surface area contributed by atoms with E-state index >= 15 is 0 Å². The van der Waals surface area contributed by atoms with Crippen LogP contribution >= 0.6 is 11.6 Å². The summed E-state index contributed by atoms with van der Waals surface area (Å²) >= 11 is 6.11. The molecular weight excluding hydrogens is 499 g/mol. The van der Waals surface area contributed by atoms with Gasteiger partial charge in [0.1, 0.15) is 23.4 Å². The van der Waals surface area contributed by atoms with Gasteiger partial charge in [-0.2, -0.15) is 5.10 Å². The lowest BCUT2D eigenvalue weighted by molar-refractivity contribution is -0.139. The van der Waals surface area contributed by atoms with E-state index in [1.165, 1.54) is 23.0 Å². The highest BCUT2D eigenvalue weighted by Gasteiger charge is 2.20. The largest absolute Gasteiger partial charge is 0.494 e. The van der Waals surface area contributed by atoms with Gasteiger partial charge in [-0.05, 0) is 68.5 Å². The van der Waals surface area contributed by atoms with Crippen LogP contribution in [0, 0.1) is 11.7 Å². The van der Waals surface area contributed by atoms with Gasteiger partial charge in [-0.3, -0.25) is 9.59 Å². The number of hydrogen-bond donors (Lipinski definition) is 3. The number of anilines is 1. The average molecular weight is 531 g/mol. The van der Waals surface area contributed by atoms with Crippen molar-refractivity contribution in [3.05, 3.63) is 70.6 Å². The Kier molecular flexibility index (Phi) is 10.0. The zero-order valence-electron chi connectivity index (χ0n) is 20.9. The van der Waals surface area contributed by atoms with E-state index in [4.69, 9.17) is 22.1 Å². The van der Waals surface area contributed by atoms with Crippen LogP contribution in [0.1, 0.15) is 55.5 Å². The summed E-state index contributed by atoms with van der Waals surface area (Å²) < 4.78 is 20.5. The molecule has 0 saturated carbocycles. The van der Waals surface area contributed by atoms with Gasteiger partial charge >= 0.3 is 5.97 Å². The van der Waals surface area contributed by atoms with Gasteiger partial charge in [0.05, 0.1) is 29.1 Å². The van der Waals surface area contributed by atoms with E-state index in [1.54, 1.807) is 24.3 Å². The third-order valence-corrected chi connectivity index (χ3v) is 6.07. The molecule has 37 heavy (non-hydrogen) atoms. The number of carboxylic acid groups (broad SMARTS) is 1. The van der Waals surface area contributed by atoms with Gasteiger partial charge < -0.3 is 20.9 Å². The summed E-state index contributed by atoms with van der Waals surface area (Å²) in [5.41, 5.74) is 7.13. The number of nitrogens with zero attached hydrogens (tertiary/aromatic N) is 2. The average Bonchev–Trinajstić information content (AvgIpc) is 3.23. The molecule has 10 heteroatoms. The number of hydrogen-bond acceptors (Lipinski definition) is 6. The molecule has 3 aromatic rings. The minimum Gasteiger partial charge on any atom is -0.494 e. The predicted octanol–water partition coefficient (Wildman–Crippen LogP) is 5.12. The van der Waals surface area contributed by atoms with Crippen LogP contribution in [-0.4, -0.2) is 45.8 Å². The number of nitrogen functional groups attached to an aromatic ring is 1. The van der Waals surface area contributed by atoms with E-state index in [2.05, 4.69) is 10.4 Å². The number of ketones is 1. The van der Waals surface area contributed by atoms with Crippen molar-refractivity contribution in [3.8, 4) is 11.4 Å². The fourth-order valence-electron chi connectivity index (χ4n) is 3.87. The van der Waals surface area contributed by atoms with E-state index in [1.807, 2.05) is 13.8 Å². The molecule has 3 rings (SSSR count). The summed E-state index contributed by atoms with van der Waals surface area (Å²) in [6.07, 6.45) is 4.46. The summed E-state index contributed by atoms with van der Waals surface area (Å²) in [6.45, 7) is 5.11. The minimum atomic E-state index is -0.820. The lowest BCUT2D eigenvalue weighted by Gasteiger charge is -2.16. The molecule has 0 aliphatic carbocycles. The molecule has 0 amide bonds. The minimum absolute atomic E-state index is 0.0944. The van der Waals surface area contributed by atoms with Gasteiger partial charge in [-0.25, -0.2) is 9.07 Å². The maximum absolute atomic E-state index is 13.4. The zero-order chi connectivity index (χ0) is 26.9. The lowest BCUT2D eigenvalue weighted by atomic mass is 10.0. The van der Waals surface area contributed by atoms with Crippen molar-refractivity contribution in [1.29, 1.82) is 0 Å². The number of nitrogens with one attached hydrogen (secondary N) is 1. The number of nitrogens with two attached hydrogens (primary N) is 1. The van der Waals surface area contributed by atoms with Gasteiger partial charge in [0.25, 0.3) is 0 Å². The number of halogens is 2. The fourth-order valence-corrected chi connectivity index (χ4v) is 4.12. The molecule has 0 bridgehead atoms.